The van der Waals surface area contributed by atoms with Gasteiger partial charge in [0.25, 0.3) is 5.91 Å². The Labute approximate surface area is 92.8 Å². The van der Waals surface area contributed by atoms with E-state index >= 15 is 0 Å². The van der Waals surface area contributed by atoms with Crippen LogP contribution in [0.15, 0.2) is 36.1 Å². The number of ketones is 1. The summed E-state index contributed by atoms with van der Waals surface area (Å²) in [5.74, 6) is -0.874. The van der Waals surface area contributed by atoms with Crippen LogP contribution in [0.2, 0.25) is 0 Å². The third-order valence-electron chi connectivity index (χ3n) is 2.60. The first-order valence-corrected chi connectivity index (χ1v) is 5.00. The van der Waals surface area contributed by atoms with Gasteiger partial charge in [0, 0.05) is 12.1 Å². The average Bonchev–Trinajstić information content (AvgIpc) is 2.30. The molecule has 0 aromatic heterocycles. The average molecular weight is 217 g/mol. The predicted molar refractivity (Wildman–Crippen MR) is 59.5 cm³/mol. The standard InChI is InChI=1S/C12H11NO3/c1-2-13-10-6-4-3-5-8(10)11(15)9(7-14)12(13)16/h3-7,14H,2H2,1H3/b9-7-. The van der Waals surface area contributed by atoms with Gasteiger partial charge in [-0.25, -0.2) is 0 Å². The van der Waals surface area contributed by atoms with E-state index in [9.17, 15) is 9.59 Å². The summed E-state index contributed by atoms with van der Waals surface area (Å²) in [4.78, 5) is 25.2. The molecule has 4 heteroatoms. The van der Waals surface area contributed by atoms with Crippen molar-refractivity contribution in [3.63, 3.8) is 0 Å². The minimum atomic E-state index is -0.450. The second kappa shape index (κ2) is 3.81. The number of rotatable bonds is 1. The summed E-state index contributed by atoms with van der Waals surface area (Å²) in [5, 5.41) is 8.94. The quantitative estimate of drug-likeness (QED) is 0.442. The number of fused-ring (bicyclic) bond motifs is 1. The maximum absolute atomic E-state index is 11.8. The number of likely N-dealkylation sites (N-methyl/N-ethyl adjacent to an activating group) is 1. The molecule has 82 valence electrons. The van der Waals surface area contributed by atoms with Crippen LogP contribution in [0.3, 0.4) is 0 Å². The summed E-state index contributed by atoms with van der Waals surface area (Å²) in [7, 11) is 0. The number of amides is 1. The van der Waals surface area contributed by atoms with Gasteiger partial charge < -0.3 is 10.0 Å². The van der Waals surface area contributed by atoms with Gasteiger partial charge in [0.05, 0.1) is 11.9 Å². The Morgan fingerprint density at radius 3 is 2.62 bits per heavy atom. The molecule has 1 aromatic carbocycles. The normalized spacial score (nSPS) is 17.8. The highest BCUT2D eigenvalue weighted by atomic mass is 16.2. The van der Waals surface area contributed by atoms with Crippen LogP contribution in [0.25, 0.3) is 0 Å². The third kappa shape index (κ3) is 1.31. The van der Waals surface area contributed by atoms with E-state index in [1.54, 1.807) is 24.3 Å². The number of benzene rings is 1. The van der Waals surface area contributed by atoms with Crippen LogP contribution in [-0.2, 0) is 4.79 Å². The molecular weight excluding hydrogens is 206 g/mol. The Balaban J connectivity index is 2.66. The zero-order valence-electron chi connectivity index (χ0n) is 8.80. The molecule has 1 aliphatic heterocycles. The summed E-state index contributed by atoms with van der Waals surface area (Å²) in [6.45, 7) is 2.28. The Bertz CT molecular complexity index is 491. The number of hydrogen-bond donors (Lipinski definition) is 1. The number of hydrogen-bond acceptors (Lipinski definition) is 3. The fourth-order valence-corrected chi connectivity index (χ4v) is 1.83. The van der Waals surface area contributed by atoms with Gasteiger partial charge in [-0.3, -0.25) is 9.59 Å². The molecule has 16 heavy (non-hydrogen) atoms. The van der Waals surface area contributed by atoms with Gasteiger partial charge in [0.15, 0.2) is 0 Å². The van der Waals surface area contributed by atoms with Gasteiger partial charge in [0.1, 0.15) is 5.57 Å². The summed E-state index contributed by atoms with van der Waals surface area (Å²) >= 11 is 0. The molecule has 2 rings (SSSR count). The second-order valence-electron chi connectivity index (χ2n) is 3.44. The molecule has 0 fully saturated rings. The molecule has 0 spiro atoms. The summed E-state index contributed by atoms with van der Waals surface area (Å²) < 4.78 is 0. The lowest BCUT2D eigenvalue weighted by atomic mass is 9.96. The van der Waals surface area contributed by atoms with Crippen molar-refractivity contribution in [2.45, 2.75) is 6.92 Å². The van der Waals surface area contributed by atoms with Crippen molar-refractivity contribution in [3.05, 3.63) is 41.7 Å². The van der Waals surface area contributed by atoms with Crippen molar-refractivity contribution >= 4 is 17.4 Å². The Hall–Kier alpha value is -2.10. The fourth-order valence-electron chi connectivity index (χ4n) is 1.83. The van der Waals surface area contributed by atoms with Crippen molar-refractivity contribution in [3.8, 4) is 0 Å². The number of carbonyl (C=O) groups excluding carboxylic acids is 2. The molecule has 0 saturated carbocycles. The van der Waals surface area contributed by atoms with E-state index < -0.39 is 11.7 Å². The van der Waals surface area contributed by atoms with E-state index in [1.807, 2.05) is 6.92 Å². The molecule has 0 saturated heterocycles. The molecule has 0 bridgehead atoms. The third-order valence-corrected chi connectivity index (χ3v) is 2.60. The molecule has 4 nitrogen and oxygen atoms in total. The van der Waals surface area contributed by atoms with Crippen LogP contribution in [0.4, 0.5) is 5.69 Å². The van der Waals surface area contributed by atoms with Crippen LogP contribution >= 0.6 is 0 Å². The zero-order valence-corrected chi connectivity index (χ0v) is 8.80. The monoisotopic (exact) mass is 217 g/mol. The molecule has 1 aliphatic rings. The lowest BCUT2D eigenvalue weighted by molar-refractivity contribution is -0.115. The highest BCUT2D eigenvalue weighted by Crippen LogP contribution is 2.29. The van der Waals surface area contributed by atoms with Crippen molar-refractivity contribution in [2.24, 2.45) is 0 Å². The first kappa shape index (κ1) is 10.4. The van der Waals surface area contributed by atoms with Crippen LogP contribution in [0, 0.1) is 0 Å². The number of aliphatic hydroxyl groups is 1. The number of carbonyl (C=O) groups is 2. The lowest BCUT2D eigenvalue weighted by Crippen LogP contribution is -2.39. The predicted octanol–water partition coefficient (Wildman–Crippen LogP) is 1.68. The van der Waals surface area contributed by atoms with Gasteiger partial charge in [0.2, 0.25) is 5.78 Å². The fraction of sp³-hybridized carbons (Fsp3) is 0.167. The lowest BCUT2D eigenvalue weighted by Gasteiger charge is -2.28. The maximum Gasteiger partial charge on any atom is 0.265 e. The van der Waals surface area contributed by atoms with Crippen molar-refractivity contribution in [1.29, 1.82) is 0 Å². The van der Waals surface area contributed by atoms with Gasteiger partial charge in [-0.05, 0) is 19.1 Å². The summed E-state index contributed by atoms with van der Waals surface area (Å²) in [6, 6.07) is 6.88. The first-order chi connectivity index (χ1) is 7.70. The molecule has 1 amide bonds. The number of aliphatic hydroxyl groups excluding tert-OH is 1. The number of Topliss-reactive ketones (excluding diaryl/α,β-unsaturated/α-hetero) is 1. The van der Waals surface area contributed by atoms with Crippen LogP contribution in [0.5, 0.6) is 0 Å². The van der Waals surface area contributed by atoms with E-state index in [0.29, 0.717) is 24.1 Å². The largest absolute Gasteiger partial charge is 0.515 e. The van der Waals surface area contributed by atoms with Gasteiger partial charge in [-0.1, -0.05) is 12.1 Å². The molecule has 1 aromatic rings. The molecule has 0 unspecified atom stereocenters. The molecular formula is C12H11NO3. The van der Waals surface area contributed by atoms with Crippen LogP contribution in [-0.4, -0.2) is 23.3 Å². The summed E-state index contributed by atoms with van der Waals surface area (Å²) in [5.41, 5.74) is 0.871. The minimum Gasteiger partial charge on any atom is -0.515 e. The van der Waals surface area contributed by atoms with E-state index in [4.69, 9.17) is 5.11 Å². The molecule has 0 atom stereocenters. The van der Waals surface area contributed by atoms with Crippen LogP contribution in [0.1, 0.15) is 17.3 Å². The van der Waals surface area contributed by atoms with Gasteiger partial charge in [-0.15, -0.1) is 0 Å². The van der Waals surface area contributed by atoms with Crippen molar-refractivity contribution in [1.82, 2.24) is 0 Å². The topological polar surface area (TPSA) is 57.6 Å². The Morgan fingerprint density at radius 1 is 1.31 bits per heavy atom. The first-order valence-electron chi connectivity index (χ1n) is 5.00. The Kier molecular flexibility index (Phi) is 2.48. The van der Waals surface area contributed by atoms with E-state index in [2.05, 4.69) is 0 Å². The number of nitrogens with zero attached hydrogens (tertiary/aromatic N) is 1. The van der Waals surface area contributed by atoms with Crippen molar-refractivity contribution < 1.29 is 14.7 Å². The van der Waals surface area contributed by atoms with Crippen molar-refractivity contribution in [2.75, 3.05) is 11.4 Å². The Morgan fingerprint density at radius 2 is 2.00 bits per heavy atom. The van der Waals surface area contributed by atoms with E-state index in [-0.39, 0.29) is 5.57 Å². The van der Waals surface area contributed by atoms with Gasteiger partial charge >= 0.3 is 0 Å². The number of para-hydroxylation sites is 1. The number of anilines is 1. The molecule has 1 N–H and O–H groups in total. The second-order valence-corrected chi connectivity index (χ2v) is 3.44. The molecule has 1 heterocycles. The van der Waals surface area contributed by atoms with E-state index in [0.717, 1.165) is 0 Å². The maximum atomic E-state index is 11.8. The minimum absolute atomic E-state index is 0.180. The smallest absolute Gasteiger partial charge is 0.265 e. The van der Waals surface area contributed by atoms with E-state index in [1.165, 1.54) is 4.90 Å². The highest BCUT2D eigenvalue weighted by molar-refractivity contribution is 6.34. The molecule has 0 radical (unpaired) electrons. The SMILES string of the molecule is CCN1C(=O)/C(=C\O)C(=O)c2ccccc21. The van der Waals surface area contributed by atoms with Crippen LogP contribution < -0.4 is 4.90 Å². The van der Waals surface area contributed by atoms with Gasteiger partial charge in [-0.2, -0.15) is 0 Å². The molecule has 0 aliphatic carbocycles. The summed E-state index contributed by atoms with van der Waals surface area (Å²) in [6.07, 6.45) is 0.587. The highest BCUT2D eigenvalue weighted by Gasteiger charge is 2.33. The zero-order chi connectivity index (χ0) is 11.7.